The third-order valence-corrected chi connectivity index (χ3v) is 6.22. The minimum Gasteiger partial charge on any atom is -0.385 e. The molecule has 3 rings (SSSR count). The van der Waals surface area contributed by atoms with Gasteiger partial charge < -0.3 is 15.1 Å². The number of nitrogens with zero attached hydrogens (tertiary/aromatic N) is 2. The molecule has 6 nitrogen and oxygen atoms in total. The number of aryl methyl sites for hydroxylation is 2. The van der Waals surface area contributed by atoms with Crippen LogP contribution in [0.3, 0.4) is 0 Å². The largest absolute Gasteiger partial charge is 0.385 e. The third-order valence-electron chi connectivity index (χ3n) is 6.22. The lowest BCUT2D eigenvalue weighted by atomic mass is 10.0. The Hall–Kier alpha value is -2.41. The maximum absolute atomic E-state index is 11.2. The van der Waals surface area contributed by atoms with Gasteiger partial charge in [0.25, 0.3) is 0 Å². The molecule has 0 aliphatic carbocycles. The summed E-state index contributed by atoms with van der Waals surface area (Å²) >= 11 is 0. The van der Waals surface area contributed by atoms with Crippen molar-refractivity contribution in [3.8, 4) is 0 Å². The van der Waals surface area contributed by atoms with E-state index in [2.05, 4.69) is 58.6 Å². The van der Waals surface area contributed by atoms with Crippen LogP contribution in [0.2, 0.25) is 0 Å². The van der Waals surface area contributed by atoms with E-state index in [0.717, 1.165) is 37.8 Å². The van der Waals surface area contributed by atoms with E-state index in [-0.39, 0.29) is 12.3 Å². The summed E-state index contributed by atoms with van der Waals surface area (Å²) in [6, 6.07) is 16.9. The van der Waals surface area contributed by atoms with Gasteiger partial charge in [0.05, 0.1) is 6.42 Å². The molecule has 0 unspecified atom stereocenters. The number of hydrogen-bond donors (Lipinski definition) is 3. The summed E-state index contributed by atoms with van der Waals surface area (Å²) in [6.07, 6.45) is 5.83. The molecule has 1 amide bonds. The van der Waals surface area contributed by atoms with E-state index < -0.39 is 0 Å². The number of carbonyl (C=O) groups excluding carboxylic acids is 1. The van der Waals surface area contributed by atoms with Gasteiger partial charge in [-0.05, 0) is 74.5 Å². The summed E-state index contributed by atoms with van der Waals surface area (Å²) in [6.45, 7) is 6.97. The van der Waals surface area contributed by atoms with Crippen LogP contribution in [0.15, 0.2) is 48.5 Å². The van der Waals surface area contributed by atoms with E-state index in [4.69, 9.17) is 5.21 Å². The van der Waals surface area contributed by atoms with Gasteiger partial charge in [0, 0.05) is 38.4 Å². The zero-order valence-corrected chi connectivity index (χ0v) is 19.4. The second kappa shape index (κ2) is 13.2. The predicted molar refractivity (Wildman–Crippen MR) is 130 cm³/mol. The molecule has 174 valence electrons. The molecule has 0 radical (unpaired) electrons. The summed E-state index contributed by atoms with van der Waals surface area (Å²) in [4.78, 5) is 16.2. The molecule has 0 spiro atoms. The van der Waals surface area contributed by atoms with Crippen LogP contribution < -0.4 is 10.8 Å². The van der Waals surface area contributed by atoms with E-state index in [1.807, 2.05) is 12.1 Å². The van der Waals surface area contributed by atoms with E-state index >= 15 is 0 Å². The normalized spacial score (nSPS) is 14.9. The first-order valence-electron chi connectivity index (χ1n) is 11.9. The number of nitrogens with one attached hydrogen (secondary N) is 2. The standard InChI is InChI=1S/C26H38N4O2/c1-29-17-19-30(20-18-29)16-4-15-27-25-13-11-23(12-14-25)6-3-2-5-22-7-9-24(10-8-22)21-26(31)28-32/h7-14,27,32H,2-6,15-21H2,1H3,(H,28,31). The van der Waals surface area contributed by atoms with Gasteiger partial charge in [-0.25, -0.2) is 5.48 Å². The Labute approximate surface area is 192 Å². The highest BCUT2D eigenvalue weighted by molar-refractivity contribution is 5.77. The molecular weight excluding hydrogens is 400 g/mol. The number of anilines is 1. The molecule has 2 aromatic rings. The lowest BCUT2D eigenvalue weighted by Gasteiger charge is -2.32. The molecule has 3 N–H and O–H groups in total. The van der Waals surface area contributed by atoms with E-state index in [1.165, 1.54) is 56.0 Å². The number of hydroxylamine groups is 1. The lowest BCUT2D eigenvalue weighted by Crippen LogP contribution is -2.44. The molecule has 1 aliphatic heterocycles. The van der Waals surface area contributed by atoms with Gasteiger partial charge in [0.2, 0.25) is 5.91 Å². The van der Waals surface area contributed by atoms with Gasteiger partial charge in [-0.3, -0.25) is 10.0 Å². The highest BCUT2D eigenvalue weighted by Crippen LogP contribution is 2.14. The Kier molecular flexibility index (Phi) is 10.0. The minimum atomic E-state index is -0.385. The SMILES string of the molecule is CN1CCN(CCCNc2ccc(CCCCc3ccc(CC(=O)NO)cc3)cc2)CC1. The third kappa shape index (κ3) is 8.61. The summed E-state index contributed by atoms with van der Waals surface area (Å²) in [5.74, 6) is -0.385. The van der Waals surface area contributed by atoms with Crippen molar-refractivity contribution in [2.24, 2.45) is 0 Å². The van der Waals surface area contributed by atoms with Gasteiger partial charge >= 0.3 is 0 Å². The number of unbranched alkanes of at least 4 members (excludes halogenated alkanes) is 1. The first kappa shape index (κ1) is 24.2. The van der Waals surface area contributed by atoms with Crippen molar-refractivity contribution in [1.82, 2.24) is 15.3 Å². The van der Waals surface area contributed by atoms with Gasteiger partial charge in [0.1, 0.15) is 0 Å². The van der Waals surface area contributed by atoms with Crippen LogP contribution in [0, 0.1) is 0 Å². The van der Waals surface area contributed by atoms with Crippen molar-refractivity contribution in [2.75, 3.05) is 51.6 Å². The Morgan fingerprint density at radius 1 is 0.844 bits per heavy atom. The smallest absolute Gasteiger partial charge is 0.247 e. The van der Waals surface area contributed by atoms with Crippen LogP contribution in [-0.4, -0.2) is 67.2 Å². The maximum Gasteiger partial charge on any atom is 0.247 e. The molecule has 0 bridgehead atoms. The van der Waals surface area contributed by atoms with Gasteiger partial charge in [-0.1, -0.05) is 36.4 Å². The molecular formula is C26H38N4O2. The summed E-state index contributed by atoms with van der Waals surface area (Å²) in [5.41, 5.74) is 6.46. The summed E-state index contributed by atoms with van der Waals surface area (Å²) < 4.78 is 0. The average Bonchev–Trinajstić information content (AvgIpc) is 2.82. The van der Waals surface area contributed by atoms with Crippen LogP contribution in [0.4, 0.5) is 5.69 Å². The Morgan fingerprint density at radius 3 is 2.00 bits per heavy atom. The molecule has 32 heavy (non-hydrogen) atoms. The number of amides is 1. The summed E-state index contributed by atoms with van der Waals surface area (Å²) in [7, 11) is 2.20. The monoisotopic (exact) mass is 438 g/mol. The molecule has 0 saturated carbocycles. The van der Waals surface area contributed by atoms with Gasteiger partial charge in [0.15, 0.2) is 0 Å². The second-order valence-electron chi connectivity index (χ2n) is 8.86. The van der Waals surface area contributed by atoms with Gasteiger partial charge in [-0.15, -0.1) is 0 Å². The number of piperazine rings is 1. The average molecular weight is 439 g/mol. The van der Waals surface area contributed by atoms with Crippen molar-refractivity contribution in [3.63, 3.8) is 0 Å². The molecule has 2 aromatic carbocycles. The quantitative estimate of drug-likeness (QED) is 0.269. The number of carbonyl (C=O) groups is 1. The second-order valence-corrected chi connectivity index (χ2v) is 8.86. The zero-order valence-electron chi connectivity index (χ0n) is 19.4. The molecule has 6 heteroatoms. The van der Waals surface area contributed by atoms with Crippen molar-refractivity contribution >= 4 is 11.6 Å². The first-order chi connectivity index (χ1) is 15.6. The van der Waals surface area contributed by atoms with Crippen molar-refractivity contribution in [3.05, 3.63) is 65.2 Å². The van der Waals surface area contributed by atoms with Crippen LogP contribution in [0.25, 0.3) is 0 Å². The van der Waals surface area contributed by atoms with E-state index in [0.29, 0.717) is 0 Å². The molecule has 1 fully saturated rings. The number of hydrogen-bond acceptors (Lipinski definition) is 5. The molecule has 1 heterocycles. The van der Waals surface area contributed by atoms with Crippen LogP contribution >= 0.6 is 0 Å². The van der Waals surface area contributed by atoms with Crippen LogP contribution in [0.1, 0.15) is 36.0 Å². The fraction of sp³-hybridized carbons (Fsp3) is 0.500. The zero-order chi connectivity index (χ0) is 22.6. The Bertz CT molecular complexity index is 800. The highest BCUT2D eigenvalue weighted by atomic mass is 16.5. The molecule has 1 saturated heterocycles. The fourth-order valence-corrected chi connectivity index (χ4v) is 4.10. The first-order valence-corrected chi connectivity index (χ1v) is 11.9. The van der Waals surface area contributed by atoms with E-state index in [9.17, 15) is 4.79 Å². The Morgan fingerprint density at radius 2 is 1.41 bits per heavy atom. The highest BCUT2D eigenvalue weighted by Gasteiger charge is 2.12. The topological polar surface area (TPSA) is 67.8 Å². The molecule has 0 aromatic heterocycles. The number of likely N-dealkylation sites (N-methyl/N-ethyl adjacent to an activating group) is 1. The van der Waals surface area contributed by atoms with Crippen LogP contribution in [0.5, 0.6) is 0 Å². The van der Waals surface area contributed by atoms with Crippen molar-refractivity contribution < 1.29 is 10.0 Å². The summed E-state index contributed by atoms with van der Waals surface area (Å²) in [5, 5.41) is 12.2. The van der Waals surface area contributed by atoms with Crippen molar-refractivity contribution in [2.45, 2.75) is 38.5 Å². The van der Waals surface area contributed by atoms with Crippen LogP contribution in [-0.2, 0) is 24.1 Å². The fourth-order valence-electron chi connectivity index (χ4n) is 4.10. The van der Waals surface area contributed by atoms with Gasteiger partial charge in [-0.2, -0.15) is 0 Å². The number of benzene rings is 2. The van der Waals surface area contributed by atoms with Crippen molar-refractivity contribution in [1.29, 1.82) is 0 Å². The maximum atomic E-state index is 11.2. The van der Waals surface area contributed by atoms with E-state index in [1.54, 1.807) is 5.48 Å². The predicted octanol–water partition coefficient (Wildman–Crippen LogP) is 3.35. The minimum absolute atomic E-state index is 0.206. The number of rotatable bonds is 12. The molecule has 0 atom stereocenters. The molecule has 1 aliphatic rings. The lowest BCUT2D eigenvalue weighted by molar-refractivity contribution is -0.128. The Balaban J connectivity index is 1.27.